The lowest BCUT2D eigenvalue weighted by molar-refractivity contribution is -0.120. The molecule has 1 atom stereocenters. The summed E-state index contributed by atoms with van der Waals surface area (Å²) >= 11 is 0. The lowest BCUT2D eigenvalue weighted by Gasteiger charge is -2.42. The first-order valence-electron chi connectivity index (χ1n) is 9.39. The van der Waals surface area contributed by atoms with E-state index in [2.05, 4.69) is 15.3 Å². The van der Waals surface area contributed by atoms with Crippen molar-refractivity contribution in [2.75, 3.05) is 29.3 Å². The SMILES string of the molecule is CC[C@@H]1C(=O)N(C)c2cnc(Nc3ccc(C(=O)O)cc3OC)nc2N1C(C)C. The quantitative estimate of drug-likeness (QED) is 0.763. The summed E-state index contributed by atoms with van der Waals surface area (Å²) in [6.07, 6.45) is 2.28. The van der Waals surface area contributed by atoms with Gasteiger partial charge in [0.05, 0.1) is 24.6 Å². The van der Waals surface area contributed by atoms with Crippen LogP contribution in [0.25, 0.3) is 0 Å². The Morgan fingerprint density at radius 3 is 2.69 bits per heavy atom. The van der Waals surface area contributed by atoms with Crippen LogP contribution >= 0.6 is 0 Å². The van der Waals surface area contributed by atoms with E-state index < -0.39 is 5.97 Å². The maximum Gasteiger partial charge on any atom is 0.335 e. The van der Waals surface area contributed by atoms with Gasteiger partial charge in [-0.05, 0) is 38.5 Å². The van der Waals surface area contributed by atoms with Gasteiger partial charge in [0.2, 0.25) is 11.9 Å². The summed E-state index contributed by atoms with van der Waals surface area (Å²) in [5, 5.41) is 12.2. The molecule has 0 aliphatic carbocycles. The molecule has 9 heteroatoms. The number of hydrogen-bond acceptors (Lipinski definition) is 7. The molecule has 1 aromatic heterocycles. The van der Waals surface area contributed by atoms with Crippen LogP contribution in [0.4, 0.5) is 23.1 Å². The number of ether oxygens (including phenoxy) is 1. The largest absolute Gasteiger partial charge is 0.495 e. The maximum absolute atomic E-state index is 12.7. The van der Waals surface area contributed by atoms with Crippen molar-refractivity contribution in [1.82, 2.24) is 9.97 Å². The highest BCUT2D eigenvalue weighted by Gasteiger charge is 2.38. The summed E-state index contributed by atoms with van der Waals surface area (Å²) in [4.78, 5) is 36.5. The molecule has 154 valence electrons. The third kappa shape index (κ3) is 3.67. The monoisotopic (exact) mass is 399 g/mol. The summed E-state index contributed by atoms with van der Waals surface area (Å²) in [6, 6.07) is 4.30. The van der Waals surface area contributed by atoms with Crippen molar-refractivity contribution in [3.05, 3.63) is 30.0 Å². The highest BCUT2D eigenvalue weighted by molar-refractivity contribution is 6.04. The van der Waals surface area contributed by atoms with Crippen LogP contribution in [-0.4, -0.2) is 53.2 Å². The molecule has 2 aromatic rings. The molecule has 2 heterocycles. The van der Waals surface area contributed by atoms with E-state index in [0.717, 1.165) is 0 Å². The number of benzene rings is 1. The molecule has 0 bridgehead atoms. The molecule has 3 rings (SSSR count). The van der Waals surface area contributed by atoms with E-state index in [-0.39, 0.29) is 23.6 Å². The first kappa shape index (κ1) is 20.4. The number of aromatic nitrogens is 2. The number of carbonyl (C=O) groups excluding carboxylic acids is 1. The standard InChI is InChI=1S/C20H25N5O4/c1-6-14-18(26)24(4)15-10-21-20(23-17(15)25(14)11(2)3)22-13-8-7-12(19(27)28)9-16(13)29-5/h7-11,14H,6H2,1-5H3,(H,27,28)(H,21,22,23)/t14-/m1/s1. The summed E-state index contributed by atoms with van der Waals surface area (Å²) < 4.78 is 5.30. The molecule has 0 unspecified atom stereocenters. The number of carboxylic acid groups (broad SMARTS) is 1. The number of carbonyl (C=O) groups is 2. The summed E-state index contributed by atoms with van der Waals surface area (Å²) in [5.41, 5.74) is 1.31. The lowest BCUT2D eigenvalue weighted by Crippen LogP contribution is -2.54. The van der Waals surface area contributed by atoms with Crippen molar-refractivity contribution in [2.24, 2.45) is 0 Å². The number of carboxylic acids is 1. The van der Waals surface area contributed by atoms with Crippen LogP contribution in [0.2, 0.25) is 0 Å². The van der Waals surface area contributed by atoms with Gasteiger partial charge in [0.15, 0.2) is 5.82 Å². The molecule has 0 fully saturated rings. The fraction of sp³-hybridized carbons (Fsp3) is 0.400. The molecule has 2 N–H and O–H groups in total. The molecular weight excluding hydrogens is 374 g/mol. The van der Waals surface area contributed by atoms with Gasteiger partial charge < -0.3 is 25.0 Å². The fourth-order valence-corrected chi connectivity index (χ4v) is 3.49. The second-order valence-corrected chi connectivity index (χ2v) is 7.07. The zero-order valence-corrected chi connectivity index (χ0v) is 17.1. The predicted octanol–water partition coefficient (Wildman–Crippen LogP) is 2.90. The van der Waals surface area contributed by atoms with Crippen molar-refractivity contribution in [2.45, 2.75) is 39.3 Å². The van der Waals surface area contributed by atoms with Gasteiger partial charge in [-0.2, -0.15) is 4.98 Å². The molecule has 9 nitrogen and oxygen atoms in total. The molecule has 1 aromatic carbocycles. The summed E-state index contributed by atoms with van der Waals surface area (Å²) in [6.45, 7) is 6.02. The zero-order valence-electron chi connectivity index (χ0n) is 17.1. The second-order valence-electron chi connectivity index (χ2n) is 7.07. The number of likely N-dealkylation sites (N-methyl/N-ethyl adjacent to an activating group) is 1. The van der Waals surface area contributed by atoms with Crippen molar-refractivity contribution in [3.8, 4) is 5.75 Å². The third-order valence-electron chi connectivity index (χ3n) is 4.95. The normalized spacial score (nSPS) is 16.1. The van der Waals surface area contributed by atoms with Crippen LogP contribution in [0.1, 0.15) is 37.6 Å². The first-order valence-corrected chi connectivity index (χ1v) is 9.39. The summed E-state index contributed by atoms with van der Waals surface area (Å²) in [5.74, 6) is 0.348. The number of nitrogens with zero attached hydrogens (tertiary/aromatic N) is 4. The molecule has 0 saturated heterocycles. The molecule has 1 aliphatic heterocycles. The average molecular weight is 399 g/mol. The van der Waals surface area contributed by atoms with Gasteiger partial charge in [0.25, 0.3) is 0 Å². The molecule has 0 spiro atoms. The van der Waals surface area contributed by atoms with Crippen LogP contribution in [0.15, 0.2) is 24.4 Å². The van der Waals surface area contributed by atoms with Gasteiger partial charge in [-0.1, -0.05) is 6.92 Å². The number of methoxy groups -OCH3 is 1. The third-order valence-corrected chi connectivity index (χ3v) is 4.95. The van der Waals surface area contributed by atoms with Gasteiger partial charge in [-0.25, -0.2) is 9.78 Å². The Morgan fingerprint density at radius 2 is 2.10 bits per heavy atom. The van der Waals surface area contributed by atoms with Crippen molar-refractivity contribution >= 4 is 35.0 Å². The zero-order chi connectivity index (χ0) is 21.3. The highest BCUT2D eigenvalue weighted by atomic mass is 16.5. The summed E-state index contributed by atoms with van der Waals surface area (Å²) in [7, 11) is 3.19. The van der Waals surface area contributed by atoms with Crippen molar-refractivity contribution < 1.29 is 19.4 Å². The predicted molar refractivity (Wildman–Crippen MR) is 110 cm³/mol. The number of fused-ring (bicyclic) bond motifs is 1. The Hall–Kier alpha value is -3.36. The van der Waals surface area contributed by atoms with Gasteiger partial charge in [0.1, 0.15) is 17.5 Å². The van der Waals surface area contributed by atoms with E-state index in [1.54, 1.807) is 24.2 Å². The molecular formula is C20H25N5O4. The molecule has 0 radical (unpaired) electrons. The number of amides is 1. The van der Waals surface area contributed by atoms with Crippen LogP contribution < -0.4 is 19.9 Å². The average Bonchev–Trinajstić information content (AvgIpc) is 2.70. The van der Waals surface area contributed by atoms with E-state index >= 15 is 0 Å². The number of rotatable bonds is 6. The minimum Gasteiger partial charge on any atom is -0.495 e. The van der Waals surface area contributed by atoms with Crippen molar-refractivity contribution in [1.29, 1.82) is 0 Å². The van der Waals surface area contributed by atoms with Gasteiger partial charge in [-0.15, -0.1) is 0 Å². The first-order chi connectivity index (χ1) is 13.8. The van der Waals surface area contributed by atoms with E-state index in [0.29, 0.717) is 35.3 Å². The number of aromatic carboxylic acids is 1. The van der Waals surface area contributed by atoms with E-state index in [1.807, 2.05) is 25.7 Å². The second kappa shape index (κ2) is 7.94. The topological polar surface area (TPSA) is 108 Å². The minimum atomic E-state index is -1.04. The van der Waals surface area contributed by atoms with Gasteiger partial charge in [0, 0.05) is 13.1 Å². The Bertz CT molecular complexity index is 946. The Morgan fingerprint density at radius 1 is 1.38 bits per heavy atom. The van der Waals surface area contributed by atoms with Gasteiger partial charge >= 0.3 is 5.97 Å². The Labute approximate surface area is 169 Å². The minimum absolute atomic E-state index is 0.0175. The number of nitrogens with one attached hydrogen (secondary N) is 1. The smallest absolute Gasteiger partial charge is 0.335 e. The van der Waals surface area contributed by atoms with Crippen molar-refractivity contribution in [3.63, 3.8) is 0 Å². The molecule has 0 saturated carbocycles. The highest BCUT2D eigenvalue weighted by Crippen LogP contribution is 2.37. The molecule has 1 amide bonds. The van der Waals surface area contributed by atoms with E-state index in [9.17, 15) is 9.59 Å². The number of anilines is 4. The van der Waals surface area contributed by atoms with Crippen LogP contribution in [0.5, 0.6) is 5.75 Å². The molecule has 29 heavy (non-hydrogen) atoms. The van der Waals surface area contributed by atoms with Gasteiger partial charge in [-0.3, -0.25) is 4.79 Å². The van der Waals surface area contributed by atoms with E-state index in [4.69, 9.17) is 9.84 Å². The van der Waals surface area contributed by atoms with Crippen LogP contribution in [0, 0.1) is 0 Å². The van der Waals surface area contributed by atoms with Crippen LogP contribution in [-0.2, 0) is 4.79 Å². The number of hydrogen-bond donors (Lipinski definition) is 2. The van der Waals surface area contributed by atoms with E-state index in [1.165, 1.54) is 19.2 Å². The Balaban J connectivity index is 2.01. The lowest BCUT2D eigenvalue weighted by atomic mass is 10.1. The van der Waals surface area contributed by atoms with Crippen LogP contribution in [0.3, 0.4) is 0 Å². The fourth-order valence-electron chi connectivity index (χ4n) is 3.49. The Kier molecular flexibility index (Phi) is 5.58. The molecule has 1 aliphatic rings. The maximum atomic E-state index is 12.7.